The van der Waals surface area contributed by atoms with Crippen LogP contribution in [-0.2, 0) is 4.74 Å². The molecule has 0 heterocycles. The fourth-order valence-corrected chi connectivity index (χ4v) is 2.34. The van der Waals surface area contributed by atoms with Gasteiger partial charge in [0.25, 0.3) is 0 Å². The van der Waals surface area contributed by atoms with E-state index in [-0.39, 0.29) is 0 Å². The van der Waals surface area contributed by atoms with E-state index in [1.54, 1.807) is 7.11 Å². The minimum absolute atomic E-state index is 0.360. The van der Waals surface area contributed by atoms with Gasteiger partial charge >= 0.3 is 0 Å². The number of rotatable bonds is 11. The SMILES string of the molecule is CCCNC(CC(C)CC)c1ccccc1OCCOC. The first-order valence-corrected chi connectivity index (χ1v) is 8.16. The second-order valence-corrected chi connectivity index (χ2v) is 5.63. The highest BCUT2D eigenvalue weighted by Crippen LogP contribution is 2.30. The number of para-hydroxylation sites is 1. The van der Waals surface area contributed by atoms with E-state index in [0.717, 1.165) is 25.1 Å². The zero-order chi connectivity index (χ0) is 15.5. The predicted molar refractivity (Wildman–Crippen MR) is 88.9 cm³/mol. The molecule has 1 rings (SSSR count). The van der Waals surface area contributed by atoms with Gasteiger partial charge in [-0.1, -0.05) is 45.4 Å². The molecular formula is C18H31NO2. The molecule has 1 aromatic rings. The Kier molecular flexibility index (Phi) is 9.11. The summed E-state index contributed by atoms with van der Waals surface area (Å²) < 4.78 is 11.0. The zero-order valence-electron chi connectivity index (χ0n) is 14.0. The van der Waals surface area contributed by atoms with E-state index < -0.39 is 0 Å². The summed E-state index contributed by atoms with van der Waals surface area (Å²) in [6.45, 7) is 9.02. The molecule has 120 valence electrons. The topological polar surface area (TPSA) is 30.5 Å². The van der Waals surface area contributed by atoms with Crippen molar-refractivity contribution in [3.8, 4) is 5.75 Å². The largest absolute Gasteiger partial charge is 0.491 e. The monoisotopic (exact) mass is 293 g/mol. The van der Waals surface area contributed by atoms with Crippen molar-refractivity contribution in [1.82, 2.24) is 5.32 Å². The molecule has 0 saturated carbocycles. The number of hydrogen-bond acceptors (Lipinski definition) is 3. The molecule has 1 aromatic carbocycles. The van der Waals surface area contributed by atoms with E-state index in [4.69, 9.17) is 9.47 Å². The maximum absolute atomic E-state index is 5.89. The van der Waals surface area contributed by atoms with Gasteiger partial charge in [-0.05, 0) is 31.4 Å². The highest BCUT2D eigenvalue weighted by atomic mass is 16.5. The van der Waals surface area contributed by atoms with Crippen LogP contribution in [0.2, 0.25) is 0 Å². The summed E-state index contributed by atoms with van der Waals surface area (Å²) >= 11 is 0. The third kappa shape index (κ3) is 6.49. The summed E-state index contributed by atoms with van der Waals surface area (Å²) in [7, 11) is 1.70. The summed E-state index contributed by atoms with van der Waals surface area (Å²) in [6.07, 6.45) is 3.49. The molecule has 2 unspecified atom stereocenters. The van der Waals surface area contributed by atoms with Crippen LogP contribution in [0.4, 0.5) is 0 Å². The van der Waals surface area contributed by atoms with E-state index in [0.29, 0.717) is 25.2 Å². The van der Waals surface area contributed by atoms with Crippen LogP contribution in [-0.4, -0.2) is 26.9 Å². The smallest absolute Gasteiger partial charge is 0.124 e. The van der Waals surface area contributed by atoms with Gasteiger partial charge in [-0.2, -0.15) is 0 Å². The first-order valence-electron chi connectivity index (χ1n) is 8.16. The second kappa shape index (κ2) is 10.6. The Morgan fingerprint density at radius 1 is 1.14 bits per heavy atom. The third-order valence-corrected chi connectivity index (χ3v) is 3.82. The van der Waals surface area contributed by atoms with Crippen LogP contribution in [0, 0.1) is 5.92 Å². The number of hydrogen-bond donors (Lipinski definition) is 1. The average Bonchev–Trinajstić information content (AvgIpc) is 2.52. The molecule has 3 nitrogen and oxygen atoms in total. The van der Waals surface area contributed by atoms with Gasteiger partial charge in [0.05, 0.1) is 6.61 Å². The van der Waals surface area contributed by atoms with Crippen LogP contribution < -0.4 is 10.1 Å². The molecule has 0 amide bonds. The normalized spacial score (nSPS) is 13.9. The number of benzene rings is 1. The van der Waals surface area contributed by atoms with E-state index >= 15 is 0 Å². The van der Waals surface area contributed by atoms with Crippen molar-refractivity contribution in [2.45, 2.75) is 46.1 Å². The quantitative estimate of drug-likeness (QED) is 0.621. The van der Waals surface area contributed by atoms with Crippen LogP contribution in [0.3, 0.4) is 0 Å². The van der Waals surface area contributed by atoms with Crippen molar-refractivity contribution in [2.24, 2.45) is 5.92 Å². The Morgan fingerprint density at radius 3 is 2.57 bits per heavy atom. The summed E-state index contributed by atoms with van der Waals surface area (Å²) in [4.78, 5) is 0. The molecule has 21 heavy (non-hydrogen) atoms. The third-order valence-electron chi connectivity index (χ3n) is 3.82. The fourth-order valence-electron chi connectivity index (χ4n) is 2.34. The minimum Gasteiger partial charge on any atom is -0.491 e. The molecule has 0 aliphatic rings. The number of methoxy groups -OCH3 is 1. The summed E-state index contributed by atoms with van der Waals surface area (Å²) in [5, 5.41) is 3.67. The van der Waals surface area contributed by atoms with Gasteiger partial charge in [0.15, 0.2) is 0 Å². The number of ether oxygens (including phenoxy) is 2. The highest BCUT2D eigenvalue weighted by Gasteiger charge is 2.17. The molecule has 0 saturated heterocycles. The van der Waals surface area contributed by atoms with Gasteiger partial charge in [-0.25, -0.2) is 0 Å². The predicted octanol–water partition coefficient (Wildman–Crippen LogP) is 4.19. The van der Waals surface area contributed by atoms with E-state index in [9.17, 15) is 0 Å². The molecule has 0 aromatic heterocycles. The Morgan fingerprint density at radius 2 is 1.90 bits per heavy atom. The fraction of sp³-hybridized carbons (Fsp3) is 0.667. The van der Waals surface area contributed by atoms with Gasteiger partial charge in [0.2, 0.25) is 0 Å². The summed E-state index contributed by atoms with van der Waals surface area (Å²) in [5.74, 6) is 1.68. The van der Waals surface area contributed by atoms with Crippen molar-refractivity contribution >= 4 is 0 Å². The molecule has 0 aliphatic heterocycles. The summed E-state index contributed by atoms with van der Waals surface area (Å²) in [6, 6.07) is 8.72. The van der Waals surface area contributed by atoms with Gasteiger partial charge < -0.3 is 14.8 Å². The number of nitrogens with one attached hydrogen (secondary N) is 1. The second-order valence-electron chi connectivity index (χ2n) is 5.63. The van der Waals surface area contributed by atoms with Crippen molar-refractivity contribution in [3.63, 3.8) is 0 Å². The lowest BCUT2D eigenvalue weighted by Gasteiger charge is -2.24. The van der Waals surface area contributed by atoms with Crippen LogP contribution in [0.1, 0.15) is 51.6 Å². The zero-order valence-corrected chi connectivity index (χ0v) is 14.0. The van der Waals surface area contributed by atoms with Gasteiger partial charge in [-0.15, -0.1) is 0 Å². The molecule has 0 fully saturated rings. The highest BCUT2D eigenvalue weighted by molar-refractivity contribution is 5.36. The average molecular weight is 293 g/mol. The lowest BCUT2D eigenvalue weighted by atomic mass is 9.93. The Hall–Kier alpha value is -1.06. The lowest BCUT2D eigenvalue weighted by molar-refractivity contribution is 0.145. The van der Waals surface area contributed by atoms with Crippen molar-refractivity contribution < 1.29 is 9.47 Å². The Bertz CT molecular complexity index is 381. The molecule has 1 N–H and O–H groups in total. The maximum atomic E-state index is 5.89. The van der Waals surface area contributed by atoms with E-state index in [2.05, 4.69) is 44.3 Å². The van der Waals surface area contributed by atoms with Crippen LogP contribution >= 0.6 is 0 Å². The van der Waals surface area contributed by atoms with Crippen molar-refractivity contribution in [1.29, 1.82) is 0 Å². The van der Waals surface area contributed by atoms with Gasteiger partial charge in [-0.3, -0.25) is 0 Å². The van der Waals surface area contributed by atoms with Crippen molar-refractivity contribution in [2.75, 3.05) is 26.9 Å². The molecule has 0 aliphatic carbocycles. The molecule has 3 heteroatoms. The van der Waals surface area contributed by atoms with Crippen LogP contribution in [0.5, 0.6) is 5.75 Å². The van der Waals surface area contributed by atoms with E-state index in [1.165, 1.54) is 12.0 Å². The van der Waals surface area contributed by atoms with Crippen LogP contribution in [0.15, 0.2) is 24.3 Å². The lowest BCUT2D eigenvalue weighted by Crippen LogP contribution is -2.24. The van der Waals surface area contributed by atoms with Crippen LogP contribution in [0.25, 0.3) is 0 Å². The first-order chi connectivity index (χ1) is 10.2. The molecule has 2 atom stereocenters. The molecule has 0 bridgehead atoms. The summed E-state index contributed by atoms with van der Waals surface area (Å²) in [5.41, 5.74) is 1.27. The molecule has 0 spiro atoms. The maximum Gasteiger partial charge on any atom is 0.124 e. The van der Waals surface area contributed by atoms with Gasteiger partial charge in [0, 0.05) is 18.7 Å². The molecule has 0 radical (unpaired) electrons. The standard InChI is InChI=1S/C18H31NO2/c1-5-11-19-17(14-15(3)6-2)16-9-7-8-10-18(16)21-13-12-20-4/h7-10,15,17,19H,5-6,11-14H2,1-4H3. The molecular weight excluding hydrogens is 262 g/mol. The van der Waals surface area contributed by atoms with Crippen molar-refractivity contribution in [3.05, 3.63) is 29.8 Å². The Labute approximate surface area is 130 Å². The minimum atomic E-state index is 0.360. The van der Waals surface area contributed by atoms with Gasteiger partial charge in [0.1, 0.15) is 12.4 Å². The van der Waals surface area contributed by atoms with E-state index in [1.807, 2.05) is 6.07 Å². The first kappa shape index (κ1) is 18.0. The Balaban J connectivity index is 2.83.